The summed E-state index contributed by atoms with van der Waals surface area (Å²) in [5, 5.41) is 7.05. The van der Waals surface area contributed by atoms with Crippen LogP contribution in [0, 0.1) is 11.8 Å². The first kappa shape index (κ1) is 15.6. The van der Waals surface area contributed by atoms with E-state index in [0.717, 1.165) is 36.6 Å². The highest BCUT2D eigenvalue weighted by molar-refractivity contribution is 7.21. The molecule has 122 valence electrons. The third-order valence-electron chi connectivity index (χ3n) is 4.22. The molecule has 1 aliphatic rings. The zero-order chi connectivity index (χ0) is 16.4. The first-order valence-corrected chi connectivity index (χ1v) is 9.84. The fraction of sp³-hybridized carbons (Fsp3) is 0.316. The topological polar surface area (TPSA) is 34.1 Å². The first-order valence-electron chi connectivity index (χ1n) is 8.08. The molecule has 1 aliphatic heterocycles. The van der Waals surface area contributed by atoms with Crippen molar-refractivity contribution in [3.63, 3.8) is 0 Å². The number of thiazole rings is 1. The number of hydrogen-bond donors (Lipinski definition) is 1. The predicted molar refractivity (Wildman–Crippen MR) is 103 cm³/mol. The van der Waals surface area contributed by atoms with Gasteiger partial charge in [-0.15, -0.1) is 28.6 Å². The standard InChI is InChI=1S/C19H18N2OS2/c1-2-4-17-18(16-11-23-12-20-16)14-5-3-6-15(19(14)24-17)21-13-7-9-22-10-8-13/h3,5-6,11-13,21H,7-10H2,1H3. The number of benzene rings is 1. The number of aromatic nitrogens is 1. The minimum absolute atomic E-state index is 0.481. The molecule has 0 unspecified atom stereocenters. The predicted octanol–water partition coefficient (Wildman–Crippen LogP) is 4.99. The van der Waals surface area contributed by atoms with Gasteiger partial charge in [0, 0.05) is 35.6 Å². The van der Waals surface area contributed by atoms with Gasteiger partial charge >= 0.3 is 0 Å². The minimum atomic E-state index is 0.481. The number of hydrogen-bond acceptors (Lipinski definition) is 5. The lowest BCUT2D eigenvalue weighted by Gasteiger charge is -2.24. The van der Waals surface area contributed by atoms with Crippen LogP contribution in [-0.4, -0.2) is 24.2 Å². The molecule has 3 heterocycles. The van der Waals surface area contributed by atoms with Crippen molar-refractivity contribution in [1.29, 1.82) is 0 Å². The van der Waals surface area contributed by atoms with E-state index < -0.39 is 0 Å². The minimum Gasteiger partial charge on any atom is -0.381 e. The molecular weight excluding hydrogens is 336 g/mol. The number of fused-ring (bicyclic) bond motifs is 1. The van der Waals surface area contributed by atoms with Crippen LogP contribution in [0.3, 0.4) is 0 Å². The molecule has 1 N–H and O–H groups in total. The Morgan fingerprint density at radius 2 is 2.17 bits per heavy atom. The molecule has 5 heteroatoms. The summed E-state index contributed by atoms with van der Waals surface area (Å²) in [4.78, 5) is 5.61. The van der Waals surface area contributed by atoms with Crippen molar-refractivity contribution in [2.24, 2.45) is 0 Å². The Balaban J connectivity index is 1.82. The van der Waals surface area contributed by atoms with Gasteiger partial charge in [0.25, 0.3) is 0 Å². The molecule has 0 radical (unpaired) electrons. The van der Waals surface area contributed by atoms with Crippen LogP contribution in [-0.2, 0) is 4.74 Å². The Kier molecular flexibility index (Phi) is 4.52. The third-order valence-corrected chi connectivity index (χ3v) is 5.96. The summed E-state index contributed by atoms with van der Waals surface area (Å²) in [6.07, 6.45) is 2.12. The van der Waals surface area contributed by atoms with E-state index in [2.05, 4.69) is 45.7 Å². The summed E-state index contributed by atoms with van der Waals surface area (Å²) in [7, 11) is 0. The van der Waals surface area contributed by atoms with Crippen LogP contribution in [0.4, 0.5) is 5.69 Å². The van der Waals surface area contributed by atoms with E-state index in [1.165, 1.54) is 21.3 Å². The molecule has 3 nitrogen and oxygen atoms in total. The van der Waals surface area contributed by atoms with Crippen LogP contribution >= 0.6 is 22.7 Å². The maximum atomic E-state index is 5.47. The van der Waals surface area contributed by atoms with Gasteiger partial charge in [-0.05, 0) is 25.8 Å². The number of nitrogens with one attached hydrogen (secondary N) is 1. The van der Waals surface area contributed by atoms with E-state index in [1.54, 1.807) is 22.7 Å². The molecule has 1 saturated heterocycles. The number of anilines is 1. The Labute approximate surface area is 149 Å². The van der Waals surface area contributed by atoms with Crippen LogP contribution in [0.25, 0.3) is 21.3 Å². The van der Waals surface area contributed by atoms with Crippen LogP contribution in [0.2, 0.25) is 0 Å². The molecule has 4 rings (SSSR count). The van der Waals surface area contributed by atoms with Crippen molar-refractivity contribution in [2.75, 3.05) is 18.5 Å². The number of ether oxygens (including phenoxy) is 1. The second kappa shape index (κ2) is 6.94. The quantitative estimate of drug-likeness (QED) is 0.673. The molecule has 24 heavy (non-hydrogen) atoms. The Morgan fingerprint density at radius 1 is 1.29 bits per heavy atom. The van der Waals surface area contributed by atoms with Crippen molar-refractivity contribution in [3.05, 3.63) is 34.0 Å². The van der Waals surface area contributed by atoms with Crippen molar-refractivity contribution in [2.45, 2.75) is 25.8 Å². The molecule has 1 aromatic carbocycles. The Hall–Kier alpha value is -1.87. The SMILES string of the molecule is CC#Cc1sc2c(NC3CCOCC3)cccc2c1-c1cscn1. The molecule has 0 aliphatic carbocycles. The van der Waals surface area contributed by atoms with Crippen LogP contribution < -0.4 is 5.32 Å². The molecule has 2 aromatic heterocycles. The molecule has 1 fully saturated rings. The van der Waals surface area contributed by atoms with E-state index in [9.17, 15) is 0 Å². The number of nitrogens with zero attached hydrogens (tertiary/aromatic N) is 1. The highest BCUT2D eigenvalue weighted by atomic mass is 32.1. The van der Waals surface area contributed by atoms with Crippen LogP contribution in [0.15, 0.2) is 29.1 Å². The Bertz CT molecular complexity index is 897. The summed E-state index contributed by atoms with van der Waals surface area (Å²) < 4.78 is 6.73. The van der Waals surface area contributed by atoms with Gasteiger partial charge in [0.15, 0.2) is 0 Å². The van der Waals surface area contributed by atoms with Gasteiger partial charge in [-0.25, -0.2) is 4.98 Å². The Morgan fingerprint density at radius 3 is 2.92 bits per heavy atom. The van der Waals surface area contributed by atoms with Gasteiger partial charge in [-0.2, -0.15) is 0 Å². The average molecular weight is 355 g/mol. The normalized spacial score (nSPS) is 15.2. The summed E-state index contributed by atoms with van der Waals surface area (Å²) in [6, 6.07) is 6.95. The zero-order valence-electron chi connectivity index (χ0n) is 13.5. The van der Waals surface area contributed by atoms with E-state index >= 15 is 0 Å². The van der Waals surface area contributed by atoms with Gasteiger partial charge in [0.2, 0.25) is 0 Å². The van der Waals surface area contributed by atoms with E-state index in [4.69, 9.17) is 4.74 Å². The van der Waals surface area contributed by atoms with E-state index in [0.29, 0.717) is 6.04 Å². The van der Waals surface area contributed by atoms with Crippen molar-refractivity contribution < 1.29 is 4.74 Å². The summed E-state index contributed by atoms with van der Waals surface area (Å²) >= 11 is 3.38. The summed E-state index contributed by atoms with van der Waals surface area (Å²) in [6.45, 7) is 3.57. The van der Waals surface area contributed by atoms with Crippen LogP contribution in [0.5, 0.6) is 0 Å². The van der Waals surface area contributed by atoms with Crippen molar-refractivity contribution in [3.8, 4) is 23.1 Å². The number of thiophene rings is 1. The highest BCUT2D eigenvalue weighted by Gasteiger charge is 2.19. The molecule has 0 bridgehead atoms. The van der Waals surface area contributed by atoms with Crippen molar-refractivity contribution in [1.82, 2.24) is 4.98 Å². The maximum absolute atomic E-state index is 5.47. The van der Waals surface area contributed by atoms with Crippen LogP contribution in [0.1, 0.15) is 24.6 Å². The van der Waals surface area contributed by atoms with E-state index in [1.807, 2.05) is 12.4 Å². The second-order valence-electron chi connectivity index (χ2n) is 5.77. The van der Waals surface area contributed by atoms with Crippen molar-refractivity contribution >= 4 is 38.4 Å². The zero-order valence-corrected chi connectivity index (χ0v) is 15.1. The van der Waals surface area contributed by atoms with Gasteiger partial charge < -0.3 is 10.1 Å². The van der Waals surface area contributed by atoms with Gasteiger partial charge in [-0.1, -0.05) is 18.1 Å². The first-order chi connectivity index (χ1) is 11.9. The lowest BCUT2D eigenvalue weighted by molar-refractivity contribution is 0.0905. The lowest BCUT2D eigenvalue weighted by Crippen LogP contribution is -2.27. The molecule has 0 amide bonds. The molecule has 3 aromatic rings. The summed E-state index contributed by atoms with van der Waals surface area (Å²) in [5.41, 5.74) is 5.27. The summed E-state index contributed by atoms with van der Waals surface area (Å²) in [5.74, 6) is 6.32. The van der Waals surface area contributed by atoms with Gasteiger partial charge in [0.05, 0.1) is 26.5 Å². The lowest BCUT2D eigenvalue weighted by atomic mass is 10.1. The van der Waals surface area contributed by atoms with E-state index in [-0.39, 0.29) is 0 Å². The highest BCUT2D eigenvalue weighted by Crippen LogP contribution is 2.41. The third kappa shape index (κ3) is 2.93. The average Bonchev–Trinajstić information content (AvgIpc) is 3.24. The molecule has 0 atom stereocenters. The fourth-order valence-electron chi connectivity index (χ4n) is 3.09. The molecular formula is C19H18N2OS2. The monoisotopic (exact) mass is 354 g/mol. The smallest absolute Gasteiger partial charge is 0.0876 e. The van der Waals surface area contributed by atoms with Gasteiger partial charge in [0.1, 0.15) is 0 Å². The second-order valence-corrected chi connectivity index (χ2v) is 7.51. The molecule has 0 spiro atoms. The molecule has 0 saturated carbocycles. The maximum Gasteiger partial charge on any atom is 0.0876 e. The number of rotatable bonds is 3. The fourth-order valence-corrected chi connectivity index (χ4v) is 4.82. The van der Waals surface area contributed by atoms with Gasteiger partial charge in [-0.3, -0.25) is 0 Å². The largest absolute Gasteiger partial charge is 0.381 e.